The summed E-state index contributed by atoms with van der Waals surface area (Å²) < 4.78 is 73.7. The number of phosphoric ester groups is 1. The second-order valence-corrected chi connectivity index (χ2v) is 33.9. The van der Waals surface area contributed by atoms with Gasteiger partial charge in [0, 0.05) is 157 Å². The fourth-order valence-corrected chi connectivity index (χ4v) is 15.0. The number of nitrogens with one attached hydrogen (secondary N) is 9. The number of hydrogen-bond acceptors (Lipinski definition) is 33. The Balaban J connectivity index is 1.31. The summed E-state index contributed by atoms with van der Waals surface area (Å²) in [5.41, 5.74) is -1.20. The van der Waals surface area contributed by atoms with Crippen LogP contribution in [-0.2, 0) is 109 Å². The number of ether oxygens (including phenoxy) is 9. The SMILES string of the molecule is COP(=O)([O-])OCC1C[C@@H](C)CN1C(=O)CCCCCCCCCCC(=O)CC(COCCC(=O)NCCCNC(=O)CCCCOC1OC(CO)C(O)C(O)C1NC(C)=O)(COCCC(=O)NCCCNC(=O)CCCCOC1OC(CO)C(O)C(O)C1NC(C)=O)COCCC(=O)NCCCNC(=O)CCCCOC1OC(CO)C(O)C(O)C1NC(C)=O. The Morgan fingerprint density at radius 1 is 0.416 bits per heavy atom. The van der Waals surface area contributed by atoms with Crippen molar-refractivity contribution in [2.75, 3.05) is 139 Å². The Bertz CT molecular complexity index is 2970. The predicted octanol–water partition coefficient (Wildman–Crippen LogP) is -3.32. The zero-order chi connectivity index (χ0) is 92.1. The molecular formula is C81H144N10O33P-. The van der Waals surface area contributed by atoms with Crippen LogP contribution < -0.4 is 52.7 Å². The molecule has 0 aromatic carbocycles. The number of aliphatic hydroxyl groups is 9. The first-order chi connectivity index (χ1) is 59.8. The lowest BCUT2D eigenvalue weighted by atomic mass is 9.84. The van der Waals surface area contributed by atoms with Crippen molar-refractivity contribution in [3.05, 3.63) is 0 Å². The van der Waals surface area contributed by atoms with Crippen LogP contribution in [-0.4, -0.2) is 352 Å². The summed E-state index contributed by atoms with van der Waals surface area (Å²) in [5, 5.41) is 116. The average molecular weight is 1820 g/mol. The number of rotatable bonds is 68. The number of unbranched alkanes of at least 4 members (excludes halogenated alkanes) is 10. The van der Waals surface area contributed by atoms with Gasteiger partial charge in [0.05, 0.1) is 72.1 Å². The first-order valence-electron chi connectivity index (χ1n) is 44.0. The van der Waals surface area contributed by atoms with Crippen molar-refractivity contribution in [2.24, 2.45) is 11.3 Å². The molecule has 125 heavy (non-hydrogen) atoms. The third kappa shape index (κ3) is 45.2. The van der Waals surface area contributed by atoms with Crippen molar-refractivity contribution in [3.8, 4) is 0 Å². The number of carbonyl (C=O) groups is 11. The van der Waals surface area contributed by atoms with Crippen molar-refractivity contribution in [3.63, 3.8) is 0 Å². The Morgan fingerprint density at radius 3 is 1.03 bits per heavy atom. The van der Waals surface area contributed by atoms with Gasteiger partial charge in [-0.05, 0) is 83.0 Å². The number of amides is 10. The largest absolute Gasteiger partial charge is 0.756 e. The van der Waals surface area contributed by atoms with E-state index >= 15 is 0 Å². The van der Waals surface area contributed by atoms with E-state index in [9.17, 15) is 108 Å². The van der Waals surface area contributed by atoms with Gasteiger partial charge < -0.3 is 155 Å². The van der Waals surface area contributed by atoms with Crippen LogP contribution in [0.4, 0.5) is 0 Å². The Labute approximate surface area is 731 Å². The van der Waals surface area contributed by atoms with Crippen LogP contribution >= 0.6 is 7.82 Å². The summed E-state index contributed by atoms with van der Waals surface area (Å²) in [7, 11) is -3.42. The molecule has 17 unspecified atom stereocenters. The molecule has 0 aromatic heterocycles. The van der Waals surface area contributed by atoms with E-state index in [4.69, 9.17) is 47.2 Å². The number of aliphatic hydroxyl groups excluding tert-OH is 9. The maximum Gasteiger partial charge on any atom is 0.267 e. The number of carbonyl (C=O) groups excluding carboxylic acids is 11. The predicted molar refractivity (Wildman–Crippen MR) is 442 cm³/mol. The fourth-order valence-electron chi connectivity index (χ4n) is 14.6. The van der Waals surface area contributed by atoms with Crippen LogP contribution in [0.1, 0.15) is 201 Å². The van der Waals surface area contributed by atoms with Gasteiger partial charge in [0.2, 0.25) is 59.1 Å². The maximum absolute atomic E-state index is 14.2. The number of hydrogen-bond donors (Lipinski definition) is 18. The zero-order valence-corrected chi connectivity index (χ0v) is 74.2. The lowest BCUT2D eigenvalue weighted by Crippen LogP contribution is -2.64. The molecule has 0 radical (unpaired) electrons. The lowest BCUT2D eigenvalue weighted by Gasteiger charge is -2.42. The highest BCUT2D eigenvalue weighted by molar-refractivity contribution is 7.45. The van der Waals surface area contributed by atoms with Crippen LogP contribution in [0.2, 0.25) is 0 Å². The molecule has 4 rings (SSSR count). The van der Waals surface area contributed by atoms with E-state index < -0.39 is 143 Å². The van der Waals surface area contributed by atoms with Gasteiger partial charge in [0.15, 0.2) is 18.9 Å². The smallest absolute Gasteiger partial charge is 0.267 e. The Morgan fingerprint density at radius 2 is 0.720 bits per heavy atom. The number of likely N-dealkylation sites (tertiary alicyclic amines) is 1. The summed E-state index contributed by atoms with van der Waals surface area (Å²) in [6.07, 6.45) is -4.77. The van der Waals surface area contributed by atoms with Gasteiger partial charge in [-0.25, -0.2) is 0 Å². The highest BCUT2D eigenvalue weighted by Crippen LogP contribution is 2.39. The molecule has 0 aliphatic carbocycles. The van der Waals surface area contributed by atoms with Gasteiger partial charge in [0.1, 0.15) is 78.8 Å². The molecule has 722 valence electrons. The summed E-state index contributed by atoms with van der Waals surface area (Å²) in [6.45, 7) is 5.00. The maximum atomic E-state index is 14.2. The fraction of sp³-hybridized carbons (Fsp3) is 0.864. The molecule has 0 bridgehead atoms. The molecule has 4 aliphatic heterocycles. The van der Waals surface area contributed by atoms with Crippen LogP contribution in [0.3, 0.4) is 0 Å². The number of ketones is 1. The van der Waals surface area contributed by atoms with Crippen molar-refractivity contribution >= 4 is 72.7 Å². The van der Waals surface area contributed by atoms with Gasteiger partial charge in [0.25, 0.3) is 7.82 Å². The molecule has 4 saturated heterocycles. The van der Waals surface area contributed by atoms with E-state index in [1.165, 1.54) is 20.8 Å². The Kier molecular flexibility index (Phi) is 55.9. The summed E-state index contributed by atoms with van der Waals surface area (Å²) >= 11 is 0. The number of phosphoric acid groups is 1. The van der Waals surface area contributed by atoms with Crippen molar-refractivity contribution in [2.45, 2.75) is 299 Å². The molecule has 4 fully saturated rings. The van der Waals surface area contributed by atoms with Gasteiger partial charge >= 0.3 is 0 Å². The molecule has 44 heteroatoms. The number of Topliss-reactive ketones (excluding diaryl/α,β-unsaturated/α-hetero) is 1. The minimum absolute atomic E-state index is 0.0507. The normalized spacial score (nSPS) is 25.3. The summed E-state index contributed by atoms with van der Waals surface area (Å²) in [4.78, 5) is 154. The highest BCUT2D eigenvalue weighted by atomic mass is 31.2. The Hall–Kier alpha value is -6.24. The first-order valence-corrected chi connectivity index (χ1v) is 45.4. The summed E-state index contributed by atoms with van der Waals surface area (Å²) in [6, 6.07) is -3.67. The highest BCUT2D eigenvalue weighted by Gasteiger charge is 2.48. The van der Waals surface area contributed by atoms with Crippen LogP contribution in [0, 0.1) is 11.3 Å². The molecule has 4 aliphatic rings. The molecule has 10 amide bonds. The molecule has 0 aromatic rings. The quantitative estimate of drug-likeness (QED) is 0.0209. The molecule has 43 nitrogen and oxygen atoms in total. The molecule has 18 N–H and O–H groups in total. The molecular weight excluding hydrogens is 1670 g/mol. The van der Waals surface area contributed by atoms with Crippen LogP contribution in [0.15, 0.2) is 0 Å². The third-order valence-electron chi connectivity index (χ3n) is 21.4. The lowest BCUT2D eigenvalue weighted by molar-refractivity contribution is -0.270. The second-order valence-electron chi connectivity index (χ2n) is 32.4. The average Bonchev–Trinajstić information content (AvgIpc) is 1.57. The van der Waals surface area contributed by atoms with E-state index in [-0.39, 0.29) is 216 Å². The van der Waals surface area contributed by atoms with E-state index in [0.717, 1.165) is 45.6 Å². The van der Waals surface area contributed by atoms with Gasteiger partial charge in [-0.1, -0.05) is 45.4 Å². The van der Waals surface area contributed by atoms with Crippen LogP contribution in [0.25, 0.3) is 0 Å². The molecule has 0 saturated carbocycles. The van der Waals surface area contributed by atoms with E-state index in [1.54, 1.807) is 4.90 Å². The monoisotopic (exact) mass is 1820 g/mol. The second kappa shape index (κ2) is 62.9. The van der Waals surface area contributed by atoms with Gasteiger partial charge in [-0.2, -0.15) is 0 Å². The first kappa shape index (κ1) is 111. The minimum atomic E-state index is -4.44. The summed E-state index contributed by atoms with van der Waals surface area (Å²) in [5.74, 6) is -3.35. The zero-order valence-electron chi connectivity index (χ0n) is 73.3. The molecule has 0 spiro atoms. The van der Waals surface area contributed by atoms with Crippen molar-refractivity contribution < 1.29 is 160 Å². The minimum Gasteiger partial charge on any atom is -0.756 e. The molecule has 4 heterocycles. The van der Waals surface area contributed by atoms with E-state index in [0.29, 0.717) is 90.0 Å². The van der Waals surface area contributed by atoms with Crippen molar-refractivity contribution in [1.82, 2.24) is 52.8 Å². The van der Waals surface area contributed by atoms with E-state index in [1.807, 2.05) is 6.92 Å². The van der Waals surface area contributed by atoms with Crippen LogP contribution in [0.5, 0.6) is 0 Å². The standard InChI is InChI=1S/C81H145N10O33P/c1-53-43-57(49-121-125(112,113)114-5)91(45-53)68(105)27-13-11-9-7-6-8-10-12-23-58(98)44-81(50-115-40-28-65(102)85-34-20-31-82-62(99)24-14-17-37-118-78-69(88-54(2)95)75(109)72(106)59(46-92)122-78,51-116-41-29-66(103)86-35-21-32-83-63(100)25-15-18-38-119-79-70(89-55(3)96)76(110)73(107)60(47-93)123-79)52-117-42-30-67(104)87-36-22-33-84-64(101)26-16-19-39-120-80-71(90-56(4)97)77(111)74(108)61(48-94)124-80/h53,57,59-61,69-80,92-94,106-111H,6-52H2,1-5H3,(H,82,99)(H,83,100)(H,84,101)(H,85,102)(H,86,103)(H,87,104)(H,88,95)(H,89,96)(H,90,97)(H,112,113)/p-1/t53-,57?,59?,60?,61?,69?,70?,71?,72?,73?,74?,75?,76?,77?,78?,79?,80?,81?/m1/s1. The van der Waals surface area contributed by atoms with E-state index in [2.05, 4.69) is 52.4 Å². The number of nitrogens with zero attached hydrogens (tertiary/aromatic N) is 1. The van der Waals surface area contributed by atoms with Gasteiger partial charge in [-0.3, -0.25) is 57.3 Å². The topological polar surface area (TPSA) is 623 Å². The molecule has 18 atom stereocenters. The third-order valence-corrected chi connectivity index (χ3v) is 22.3. The van der Waals surface area contributed by atoms with Crippen molar-refractivity contribution in [1.29, 1.82) is 0 Å². The van der Waals surface area contributed by atoms with Gasteiger partial charge in [-0.15, -0.1) is 0 Å².